The summed E-state index contributed by atoms with van der Waals surface area (Å²) in [6, 6.07) is 0.0756. The van der Waals surface area contributed by atoms with Gasteiger partial charge in [-0.15, -0.1) is 0 Å². The highest BCUT2D eigenvalue weighted by Crippen LogP contribution is 2.18. The zero-order chi connectivity index (χ0) is 16.7. The Morgan fingerprint density at radius 3 is 2.64 bits per heavy atom. The van der Waals surface area contributed by atoms with E-state index in [0.717, 1.165) is 0 Å². The van der Waals surface area contributed by atoms with Crippen molar-refractivity contribution < 1.29 is 24.6 Å². The number of likely N-dealkylation sites (tertiary alicyclic amines) is 1. The SMILES string of the molecule is CC(=O)N1C[C@H](O)C[C@H]1C(=O)N[C@@H](CCCCC#N)C(=O)O. The molecule has 0 radical (unpaired) electrons. The van der Waals surface area contributed by atoms with Crippen molar-refractivity contribution in [3.05, 3.63) is 0 Å². The number of unbranched alkanes of at least 4 members (excludes halogenated alkanes) is 2. The normalized spacial score (nSPS) is 22.0. The fourth-order valence-electron chi connectivity index (χ4n) is 2.49. The Labute approximate surface area is 128 Å². The van der Waals surface area contributed by atoms with Gasteiger partial charge in [-0.1, -0.05) is 0 Å². The van der Waals surface area contributed by atoms with Crippen molar-refractivity contribution in [2.75, 3.05) is 6.54 Å². The van der Waals surface area contributed by atoms with Crippen molar-refractivity contribution in [3.8, 4) is 6.07 Å². The van der Waals surface area contributed by atoms with E-state index < -0.39 is 30.1 Å². The van der Waals surface area contributed by atoms with Crippen LogP contribution in [0.1, 0.15) is 39.0 Å². The molecule has 0 aromatic rings. The topological polar surface area (TPSA) is 131 Å². The number of hydrogen-bond donors (Lipinski definition) is 3. The standard InChI is InChI=1S/C14H21N3O5/c1-9(18)17-8-10(19)7-12(17)13(20)16-11(14(21)22)5-3-2-4-6-15/h10-12,19H,2-5,7-8H2,1H3,(H,16,20)(H,21,22)/t10-,11+,12+/m1/s1. The summed E-state index contributed by atoms with van der Waals surface area (Å²) in [6.45, 7) is 1.38. The average Bonchev–Trinajstić information content (AvgIpc) is 2.84. The van der Waals surface area contributed by atoms with Crippen molar-refractivity contribution in [2.45, 2.75) is 57.2 Å². The van der Waals surface area contributed by atoms with Crippen molar-refractivity contribution in [1.29, 1.82) is 5.26 Å². The van der Waals surface area contributed by atoms with Gasteiger partial charge in [0.15, 0.2) is 0 Å². The molecule has 8 nitrogen and oxygen atoms in total. The third-order valence-corrected chi connectivity index (χ3v) is 3.63. The van der Waals surface area contributed by atoms with Crippen LogP contribution in [0.3, 0.4) is 0 Å². The fourth-order valence-corrected chi connectivity index (χ4v) is 2.49. The molecule has 1 heterocycles. The molecule has 2 amide bonds. The maximum absolute atomic E-state index is 12.2. The van der Waals surface area contributed by atoms with Crippen LogP contribution in [0.25, 0.3) is 0 Å². The Balaban J connectivity index is 2.60. The first-order chi connectivity index (χ1) is 10.4. The van der Waals surface area contributed by atoms with Crippen molar-refractivity contribution in [3.63, 3.8) is 0 Å². The summed E-state index contributed by atoms with van der Waals surface area (Å²) in [5.41, 5.74) is 0. The zero-order valence-corrected chi connectivity index (χ0v) is 12.5. The first-order valence-corrected chi connectivity index (χ1v) is 7.22. The number of rotatable bonds is 7. The Hall–Kier alpha value is -2.14. The molecular weight excluding hydrogens is 290 g/mol. The number of nitriles is 1. The van der Waals surface area contributed by atoms with Gasteiger partial charge in [-0.3, -0.25) is 9.59 Å². The molecule has 0 aromatic heterocycles. The van der Waals surface area contributed by atoms with E-state index in [9.17, 15) is 19.5 Å². The molecule has 1 rings (SSSR count). The van der Waals surface area contributed by atoms with E-state index in [-0.39, 0.29) is 25.3 Å². The fraction of sp³-hybridized carbons (Fsp3) is 0.714. The molecule has 0 bridgehead atoms. The van der Waals surface area contributed by atoms with E-state index in [0.29, 0.717) is 19.3 Å². The molecule has 1 saturated heterocycles. The highest BCUT2D eigenvalue weighted by Gasteiger charge is 2.38. The van der Waals surface area contributed by atoms with Gasteiger partial charge in [-0.05, 0) is 19.3 Å². The molecule has 1 aliphatic heterocycles. The predicted octanol–water partition coefficient (Wildman–Crippen LogP) is -0.379. The smallest absolute Gasteiger partial charge is 0.326 e. The van der Waals surface area contributed by atoms with Gasteiger partial charge in [0.2, 0.25) is 11.8 Å². The predicted molar refractivity (Wildman–Crippen MR) is 75.4 cm³/mol. The van der Waals surface area contributed by atoms with Crippen molar-refractivity contribution in [1.82, 2.24) is 10.2 Å². The van der Waals surface area contributed by atoms with Gasteiger partial charge in [0, 0.05) is 26.3 Å². The summed E-state index contributed by atoms with van der Waals surface area (Å²) >= 11 is 0. The minimum absolute atomic E-state index is 0.0767. The van der Waals surface area contributed by atoms with E-state index >= 15 is 0 Å². The monoisotopic (exact) mass is 311 g/mol. The quantitative estimate of drug-likeness (QED) is 0.549. The molecule has 0 aliphatic carbocycles. The van der Waals surface area contributed by atoms with Gasteiger partial charge in [0.1, 0.15) is 12.1 Å². The maximum Gasteiger partial charge on any atom is 0.326 e. The summed E-state index contributed by atoms with van der Waals surface area (Å²) in [5, 5.41) is 29.6. The third-order valence-electron chi connectivity index (χ3n) is 3.63. The second kappa shape index (κ2) is 8.34. The molecule has 1 fully saturated rings. The van der Waals surface area contributed by atoms with Crippen LogP contribution in [0, 0.1) is 11.3 Å². The molecule has 3 N–H and O–H groups in total. The number of carbonyl (C=O) groups excluding carboxylic acids is 2. The number of aliphatic carboxylic acids is 1. The summed E-state index contributed by atoms with van der Waals surface area (Å²) in [6.07, 6.45) is 0.961. The van der Waals surface area contributed by atoms with Crippen LogP contribution >= 0.6 is 0 Å². The number of β-amino-alcohol motifs (C(OH)–C–C–N with tert-alkyl or cyclic N) is 1. The zero-order valence-electron chi connectivity index (χ0n) is 12.5. The molecule has 8 heteroatoms. The molecule has 22 heavy (non-hydrogen) atoms. The minimum atomic E-state index is -1.15. The second-order valence-corrected chi connectivity index (χ2v) is 5.38. The number of carboxylic acid groups (broad SMARTS) is 1. The van der Waals surface area contributed by atoms with Gasteiger partial charge in [-0.2, -0.15) is 5.26 Å². The van der Waals surface area contributed by atoms with Gasteiger partial charge in [0.05, 0.1) is 12.2 Å². The largest absolute Gasteiger partial charge is 0.480 e. The van der Waals surface area contributed by atoms with Crippen molar-refractivity contribution >= 4 is 17.8 Å². The van der Waals surface area contributed by atoms with Crippen LogP contribution in [-0.4, -0.2) is 57.6 Å². The maximum atomic E-state index is 12.2. The highest BCUT2D eigenvalue weighted by molar-refractivity contribution is 5.90. The Bertz CT molecular complexity index is 474. The third kappa shape index (κ3) is 5.00. The lowest BCUT2D eigenvalue weighted by atomic mass is 10.1. The lowest BCUT2D eigenvalue weighted by molar-refractivity contribution is -0.143. The van der Waals surface area contributed by atoms with Crippen LogP contribution in [-0.2, 0) is 14.4 Å². The summed E-state index contributed by atoms with van der Waals surface area (Å²) in [5.74, 6) is -2.06. The van der Waals surface area contributed by atoms with E-state index in [4.69, 9.17) is 10.4 Å². The van der Waals surface area contributed by atoms with Crippen LogP contribution in [0.15, 0.2) is 0 Å². The van der Waals surface area contributed by atoms with Crippen LogP contribution < -0.4 is 5.32 Å². The Kier molecular flexibility index (Phi) is 6.79. The number of aliphatic hydroxyl groups excluding tert-OH is 1. The number of nitrogens with zero attached hydrogens (tertiary/aromatic N) is 2. The first kappa shape index (κ1) is 17.9. The van der Waals surface area contributed by atoms with E-state index in [2.05, 4.69) is 5.32 Å². The van der Waals surface area contributed by atoms with Gasteiger partial charge < -0.3 is 20.4 Å². The van der Waals surface area contributed by atoms with Gasteiger partial charge in [-0.25, -0.2) is 4.79 Å². The van der Waals surface area contributed by atoms with Crippen molar-refractivity contribution in [2.24, 2.45) is 0 Å². The second-order valence-electron chi connectivity index (χ2n) is 5.38. The minimum Gasteiger partial charge on any atom is -0.480 e. The molecule has 3 atom stereocenters. The number of hydrogen-bond acceptors (Lipinski definition) is 5. The average molecular weight is 311 g/mol. The molecule has 0 unspecified atom stereocenters. The molecular formula is C14H21N3O5. The number of amides is 2. The van der Waals surface area contributed by atoms with Crippen LogP contribution in [0.2, 0.25) is 0 Å². The Morgan fingerprint density at radius 1 is 1.41 bits per heavy atom. The van der Waals surface area contributed by atoms with Gasteiger partial charge in [0.25, 0.3) is 0 Å². The van der Waals surface area contributed by atoms with E-state index in [1.54, 1.807) is 0 Å². The summed E-state index contributed by atoms with van der Waals surface area (Å²) in [4.78, 5) is 36.1. The highest BCUT2D eigenvalue weighted by atomic mass is 16.4. The summed E-state index contributed by atoms with van der Waals surface area (Å²) < 4.78 is 0. The number of aliphatic hydroxyl groups is 1. The van der Waals surface area contributed by atoms with Crippen LogP contribution in [0.5, 0.6) is 0 Å². The molecule has 0 spiro atoms. The molecule has 1 aliphatic rings. The molecule has 0 saturated carbocycles. The lowest BCUT2D eigenvalue weighted by Gasteiger charge is -2.24. The number of nitrogens with one attached hydrogen (secondary N) is 1. The number of carbonyl (C=O) groups is 3. The molecule has 122 valence electrons. The van der Waals surface area contributed by atoms with Crippen LogP contribution in [0.4, 0.5) is 0 Å². The first-order valence-electron chi connectivity index (χ1n) is 7.22. The summed E-state index contributed by atoms with van der Waals surface area (Å²) in [7, 11) is 0. The molecule has 0 aromatic carbocycles. The van der Waals surface area contributed by atoms with Gasteiger partial charge >= 0.3 is 5.97 Å². The Morgan fingerprint density at radius 2 is 2.09 bits per heavy atom. The van der Waals surface area contributed by atoms with E-state index in [1.165, 1.54) is 11.8 Å². The number of carboxylic acids is 1. The lowest BCUT2D eigenvalue weighted by Crippen LogP contribution is -2.50. The van der Waals surface area contributed by atoms with E-state index in [1.807, 2.05) is 6.07 Å².